The predicted octanol–water partition coefficient (Wildman–Crippen LogP) is 8.49. The predicted molar refractivity (Wildman–Crippen MR) is 171 cm³/mol. The molecule has 1 unspecified atom stereocenters. The summed E-state index contributed by atoms with van der Waals surface area (Å²) in [4.78, 5) is 29.5. The zero-order chi connectivity index (χ0) is 33.1. The summed E-state index contributed by atoms with van der Waals surface area (Å²) in [6.45, 7) is 0. The second-order valence-corrected chi connectivity index (χ2v) is 11.5. The van der Waals surface area contributed by atoms with Crippen LogP contribution in [0.4, 0.5) is 29.3 Å². The van der Waals surface area contributed by atoms with Crippen LogP contribution in [-0.4, -0.2) is 39.1 Å². The smallest absolute Gasteiger partial charge is 0.436 e. The minimum Gasteiger partial charge on any atom is -0.453 e. The van der Waals surface area contributed by atoms with Gasteiger partial charge in [-0.25, -0.2) is 9.48 Å². The number of carbonyl (C=O) groups excluding carboxylic acids is 2. The number of rotatable bonds is 4. The van der Waals surface area contributed by atoms with E-state index in [2.05, 4.69) is 27.0 Å². The molecule has 1 aliphatic rings. The highest BCUT2D eigenvalue weighted by Crippen LogP contribution is 2.37. The molecule has 0 aliphatic carbocycles. The molecule has 3 aromatic carbocycles. The normalized spacial score (nSPS) is 15.1. The number of halogens is 4. The fourth-order valence-electron chi connectivity index (χ4n) is 5.62. The maximum absolute atomic E-state index is 13.2. The first-order valence-corrected chi connectivity index (χ1v) is 15.1. The van der Waals surface area contributed by atoms with Crippen molar-refractivity contribution in [1.82, 2.24) is 20.0 Å². The Balaban J connectivity index is 1.35. The molecule has 3 heterocycles. The summed E-state index contributed by atoms with van der Waals surface area (Å²) in [6.07, 6.45) is -0.278. The van der Waals surface area contributed by atoms with Crippen LogP contribution in [0.5, 0.6) is 0 Å². The topological polar surface area (TPSA) is 111 Å². The Kier molecular flexibility index (Phi) is 8.95. The van der Waals surface area contributed by atoms with Gasteiger partial charge in [-0.2, -0.15) is 13.2 Å². The Morgan fingerprint density at radius 3 is 2.62 bits per heavy atom. The Morgan fingerprint density at radius 1 is 1.02 bits per heavy atom. The lowest BCUT2D eigenvalue weighted by atomic mass is 9.87. The first-order valence-electron chi connectivity index (χ1n) is 14.7. The van der Waals surface area contributed by atoms with Gasteiger partial charge in [0, 0.05) is 51.6 Å². The van der Waals surface area contributed by atoms with Crippen molar-refractivity contribution in [2.75, 3.05) is 17.7 Å². The minimum atomic E-state index is -4.63. The number of hydrogen-bond acceptors (Lipinski definition) is 6. The second kappa shape index (κ2) is 13.2. The first kappa shape index (κ1) is 31.7. The number of alkyl halides is 3. The van der Waals surface area contributed by atoms with Crippen molar-refractivity contribution in [2.24, 2.45) is 0 Å². The molecule has 2 N–H and O–H groups in total. The van der Waals surface area contributed by atoms with E-state index in [0.717, 1.165) is 46.1 Å². The summed E-state index contributed by atoms with van der Waals surface area (Å²) in [7, 11) is 1.28. The minimum absolute atomic E-state index is 0.0984. The van der Waals surface area contributed by atoms with Crippen LogP contribution in [0.15, 0.2) is 85.2 Å². The average molecular weight is 661 g/mol. The summed E-state index contributed by atoms with van der Waals surface area (Å²) in [5.41, 5.74) is 4.98. The summed E-state index contributed by atoms with van der Waals surface area (Å²) < 4.78 is 45.4. The van der Waals surface area contributed by atoms with E-state index in [1.807, 2.05) is 36.4 Å². The van der Waals surface area contributed by atoms with Gasteiger partial charge in [0.2, 0.25) is 5.91 Å². The number of nitrogens with zero attached hydrogens (tertiary/aromatic N) is 4. The molecule has 2 amide bonds. The van der Waals surface area contributed by atoms with E-state index in [-0.39, 0.29) is 11.8 Å². The van der Waals surface area contributed by atoms with Crippen molar-refractivity contribution in [1.29, 1.82) is 0 Å². The summed E-state index contributed by atoms with van der Waals surface area (Å²) in [5.74, 6) is -0.233. The molecule has 2 bridgehead atoms. The van der Waals surface area contributed by atoms with Gasteiger partial charge in [0.25, 0.3) is 0 Å². The highest BCUT2D eigenvalue weighted by atomic mass is 35.5. The molecule has 0 spiro atoms. The summed E-state index contributed by atoms with van der Waals surface area (Å²) in [6, 6.07) is 21.9. The van der Waals surface area contributed by atoms with Crippen LogP contribution in [0.2, 0.25) is 5.02 Å². The molecule has 2 aromatic heterocycles. The third kappa shape index (κ3) is 7.12. The molecular weight excluding hydrogens is 633 g/mol. The molecule has 1 atom stereocenters. The van der Waals surface area contributed by atoms with Crippen LogP contribution in [0.25, 0.3) is 27.9 Å². The summed E-state index contributed by atoms with van der Waals surface area (Å²) in [5, 5.41) is 13.0. The SMILES string of the molecule is COC(=O)Nc1ccc2c(c1)NC(=O)CCCCC(c1ccc(-c3cc(Cl)ccc3-n3cc(C(F)(F)F)nn3)cn1)c1cccc-2c1. The zero-order valence-electron chi connectivity index (χ0n) is 25.0. The molecular formula is C34H28ClF3N6O3. The average Bonchev–Trinajstić information content (AvgIpc) is 3.56. The van der Waals surface area contributed by atoms with Crippen LogP contribution < -0.4 is 10.6 Å². The number of anilines is 2. The Bertz CT molecular complexity index is 1940. The van der Waals surface area contributed by atoms with Gasteiger partial charge < -0.3 is 10.1 Å². The highest BCUT2D eigenvalue weighted by molar-refractivity contribution is 6.31. The lowest BCUT2D eigenvalue weighted by Crippen LogP contribution is -2.14. The number of amides is 2. The van der Waals surface area contributed by atoms with E-state index in [0.29, 0.717) is 46.1 Å². The van der Waals surface area contributed by atoms with Crippen LogP contribution in [0.1, 0.15) is 48.6 Å². The lowest BCUT2D eigenvalue weighted by Gasteiger charge is -2.21. The van der Waals surface area contributed by atoms with E-state index in [9.17, 15) is 22.8 Å². The molecule has 240 valence electrons. The van der Waals surface area contributed by atoms with Crippen LogP contribution in [0, 0.1) is 0 Å². The molecule has 0 saturated heterocycles. The van der Waals surface area contributed by atoms with Gasteiger partial charge in [-0.05, 0) is 60.4 Å². The Morgan fingerprint density at radius 2 is 1.87 bits per heavy atom. The maximum atomic E-state index is 13.2. The third-order valence-electron chi connectivity index (χ3n) is 7.92. The number of ether oxygens (including phenoxy) is 1. The Hall–Kier alpha value is -5.23. The van der Waals surface area contributed by atoms with Crippen LogP contribution in [-0.2, 0) is 15.7 Å². The zero-order valence-corrected chi connectivity index (χ0v) is 25.8. The van der Waals surface area contributed by atoms with Crippen LogP contribution >= 0.6 is 11.6 Å². The molecule has 13 heteroatoms. The maximum Gasteiger partial charge on any atom is 0.436 e. The first-order chi connectivity index (χ1) is 22.6. The number of pyridine rings is 1. The molecule has 6 rings (SSSR count). The van der Waals surface area contributed by atoms with Crippen molar-refractivity contribution >= 4 is 35.0 Å². The standard InChI is InChI=1S/C34H28ClF3N6O3/c1-47-33(46)40-24-11-12-26-21-6-4-5-20(15-21)25(7-2-3-8-32(45)41-29(26)17-24)28-13-9-22(18-39-28)27-16-23(35)10-14-30(27)44-19-31(42-43-44)34(36,37)38/h4-6,9-19,25H,2-3,7-8H2,1H3,(H,40,46)(H,41,45). The van der Waals surface area contributed by atoms with Gasteiger partial charge in [-0.15, -0.1) is 5.10 Å². The number of nitrogens with one attached hydrogen (secondary N) is 2. The number of methoxy groups -OCH3 is 1. The Labute approximate surface area is 272 Å². The molecule has 0 fully saturated rings. The molecule has 0 saturated carbocycles. The van der Waals surface area contributed by atoms with E-state index < -0.39 is 18.0 Å². The van der Waals surface area contributed by atoms with Crippen molar-refractivity contribution < 1.29 is 27.5 Å². The van der Waals surface area contributed by atoms with Crippen molar-refractivity contribution in [3.63, 3.8) is 0 Å². The van der Waals surface area contributed by atoms with Gasteiger partial charge in [0.15, 0.2) is 5.69 Å². The molecule has 47 heavy (non-hydrogen) atoms. The van der Waals surface area contributed by atoms with Crippen LogP contribution in [0.3, 0.4) is 0 Å². The van der Waals surface area contributed by atoms with Crippen molar-refractivity contribution in [2.45, 2.75) is 37.8 Å². The lowest BCUT2D eigenvalue weighted by molar-refractivity contribution is -0.141. The number of benzene rings is 3. The van der Waals surface area contributed by atoms with E-state index in [1.165, 1.54) is 7.11 Å². The monoisotopic (exact) mass is 660 g/mol. The van der Waals surface area contributed by atoms with Gasteiger partial charge >= 0.3 is 12.3 Å². The number of carbonyl (C=O) groups is 2. The second-order valence-electron chi connectivity index (χ2n) is 11.0. The largest absolute Gasteiger partial charge is 0.453 e. The molecule has 0 radical (unpaired) electrons. The molecule has 5 aromatic rings. The third-order valence-corrected chi connectivity index (χ3v) is 8.15. The van der Waals surface area contributed by atoms with Gasteiger partial charge in [-0.3, -0.25) is 15.1 Å². The quantitative estimate of drug-likeness (QED) is 0.200. The number of aromatic nitrogens is 4. The van der Waals surface area contributed by atoms with E-state index >= 15 is 0 Å². The number of hydrogen-bond donors (Lipinski definition) is 2. The van der Waals surface area contributed by atoms with Crippen molar-refractivity contribution in [3.8, 4) is 27.9 Å². The highest BCUT2D eigenvalue weighted by Gasteiger charge is 2.34. The van der Waals surface area contributed by atoms with E-state index in [4.69, 9.17) is 21.3 Å². The van der Waals surface area contributed by atoms with Gasteiger partial charge in [-0.1, -0.05) is 59.6 Å². The fraction of sp³-hybridized carbons (Fsp3) is 0.206. The van der Waals surface area contributed by atoms with Gasteiger partial charge in [0.05, 0.1) is 24.7 Å². The molecule has 1 aliphatic heterocycles. The molecule has 9 nitrogen and oxygen atoms in total. The van der Waals surface area contributed by atoms with Crippen molar-refractivity contribution in [3.05, 3.63) is 107 Å². The summed E-state index contributed by atoms with van der Waals surface area (Å²) >= 11 is 6.30. The fourth-order valence-corrected chi connectivity index (χ4v) is 5.79. The van der Waals surface area contributed by atoms with E-state index in [1.54, 1.807) is 36.5 Å². The van der Waals surface area contributed by atoms with Gasteiger partial charge in [0.1, 0.15) is 0 Å². The number of fused-ring (bicyclic) bond motifs is 4.